The molecule has 0 radical (unpaired) electrons. The fraction of sp³-hybridized carbons (Fsp3) is 0.235. The van der Waals surface area contributed by atoms with Crippen LogP contribution >= 0.6 is 11.6 Å². The monoisotopic (exact) mass is 401 g/mol. The van der Waals surface area contributed by atoms with Crippen LogP contribution in [0.1, 0.15) is 12.0 Å². The van der Waals surface area contributed by atoms with Gasteiger partial charge in [0.1, 0.15) is 6.61 Å². The SMILES string of the molecule is COc1ccc(COC(=O)CCNS(=O)(=O)c2cccc(Cl)c2)cc1F. The standard InChI is InChI=1S/C17H17ClFNO5S/c1-24-16-6-5-12(9-15(16)19)11-25-17(21)7-8-20-26(22,23)14-4-2-3-13(18)10-14/h2-6,9-10,20H,7-8,11H2,1H3. The third kappa shape index (κ3) is 5.69. The van der Waals surface area contributed by atoms with Gasteiger partial charge < -0.3 is 9.47 Å². The van der Waals surface area contributed by atoms with Crippen molar-refractivity contribution in [3.8, 4) is 5.75 Å². The summed E-state index contributed by atoms with van der Waals surface area (Å²) < 4.78 is 49.8. The number of sulfonamides is 1. The molecule has 0 aliphatic rings. The number of hydrogen-bond donors (Lipinski definition) is 1. The Kier molecular flexibility index (Phi) is 6.96. The predicted octanol–water partition coefficient (Wildman–Crippen LogP) is 2.90. The number of rotatable bonds is 8. The lowest BCUT2D eigenvalue weighted by atomic mass is 10.2. The largest absolute Gasteiger partial charge is 0.494 e. The highest BCUT2D eigenvalue weighted by Gasteiger charge is 2.15. The molecule has 2 aromatic carbocycles. The summed E-state index contributed by atoms with van der Waals surface area (Å²) >= 11 is 5.76. The molecule has 0 bridgehead atoms. The van der Waals surface area contributed by atoms with Crippen LogP contribution in [0.5, 0.6) is 5.75 Å². The highest BCUT2D eigenvalue weighted by atomic mass is 35.5. The third-order valence-corrected chi connectivity index (χ3v) is 5.04. The summed E-state index contributed by atoms with van der Waals surface area (Å²) in [7, 11) is -2.41. The van der Waals surface area contributed by atoms with Crippen LogP contribution in [0.4, 0.5) is 4.39 Å². The number of hydrogen-bond acceptors (Lipinski definition) is 5. The highest BCUT2D eigenvalue weighted by molar-refractivity contribution is 7.89. The maximum absolute atomic E-state index is 13.5. The van der Waals surface area contributed by atoms with Crippen LogP contribution in [0.25, 0.3) is 0 Å². The first-order valence-corrected chi connectivity index (χ1v) is 9.41. The van der Waals surface area contributed by atoms with E-state index in [9.17, 15) is 17.6 Å². The van der Waals surface area contributed by atoms with Crippen LogP contribution in [0.2, 0.25) is 5.02 Å². The van der Waals surface area contributed by atoms with Crippen LogP contribution < -0.4 is 9.46 Å². The molecule has 0 amide bonds. The summed E-state index contributed by atoms with van der Waals surface area (Å²) in [5.74, 6) is -1.08. The molecule has 0 aromatic heterocycles. The molecule has 0 saturated heterocycles. The number of halogens is 2. The molecule has 2 aromatic rings. The summed E-state index contributed by atoms with van der Waals surface area (Å²) in [4.78, 5) is 11.7. The zero-order valence-electron chi connectivity index (χ0n) is 13.9. The quantitative estimate of drug-likeness (QED) is 0.688. The number of carbonyl (C=O) groups excluding carboxylic acids is 1. The molecule has 0 aliphatic carbocycles. The Morgan fingerprint density at radius 2 is 2.00 bits per heavy atom. The topological polar surface area (TPSA) is 81.7 Å². The molecular formula is C17H17ClFNO5S. The second-order valence-corrected chi connectivity index (χ2v) is 7.44. The van der Waals surface area contributed by atoms with Crippen LogP contribution in [0, 0.1) is 5.82 Å². The van der Waals surface area contributed by atoms with E-state index in [0.717, 1.165) is 0 Å². The van der Waals surface area contributed by atoms with Gasteiger partial charge in [0.05, 0.1) is 18.4 Å². The number of methoxy groups -OCH3 is 1. The highest BCUT2D eigenvalue weighted by Crippen LogP contribution is 2.18. The van der Waals surface area contributed by atoms with E-state index in [1.165, 1.54) is 37.4 Å². The summed E-state index contributed by atoms with van der Waals surface area (Å²) in [5, 5.41) is 0.291. The lowest BCUT2D eigenvalue weighted by molar-refractivity contribution is -0.144. The zero-order chi connectivity index (χ0) is 19.2. The molecule has 0 spiro atoms. The smallest absolute Gasteiger partial charge is 0.307 e. The van der Waals surface area contributed by atoms with Crippen molar-refractivity contribution < 1.29 is 27.1 Å². The lowest BCUT2D eigenvalue weighted by Gasteiger charge is -2.08. The van der Waals surface area contributed by atoms with Gasteiger partial charge in [0.25, 0.3) is 0 Å². The van der Waals surface area contributed by atoms with Crippen LogP contribution in [-0.2, 0) is 26.2 Å². The average Bonchev–Trinajstić information content (AvgIpc) is 2.60. The minimum atomic E-state index is -3.76. The Hall–Kier alpha value is -2.16. The van der Waals surface area contributed by atoms with Crippen molar-refractivity contribution in [2.24, 2.45) is 0 Å². The molecule has 0 aliphatic heterocycles. The van der Waals surface area contributed by atoms with Crippen LogP contribution in [0.3, 0.4) is 0 Å². The van der Waals surface area contributed by atoms with Gasteiger partial charge in [0, 0.05) is 11.6 Å². The normalized spacial score (nSPS) is 11.2. The zero-order valence-corrected chi connectivity index (χ0v) is 15.4. The molecule has 0 atom stereocenters. The van der Waals surface area contributed by atoms with Crippen LogP contribution in [0.15, 0.2) is 47.4 Å². The van der Waals surface area contributed by atoms with Gasteiger partial charge in [-0.15, -0.1) is 0 Å². The first-order chi connectivity index (χ1) is 12.3. The molecular weight excluding hydrogens is 385 g/mol. The van der Waals surface area contributed by atoms with Gasteiger partial charge in [-0.3, -0.25) is 4.79 Å². The summed E-state index contributed by atoms with van der Waals surface area (Å²) in [5.41, 5.74) is 0.455. The van der Waals surface area contributed by atoms with Gasteiger partial charge in [-0.2, -0.15) is 0 Å². The fourth-order valence-electron chi connectivity index (χ4n) is 2.04. The van der Waals surface area contributed by atoms with Gasteiger partial charge in [-0.25, -0.2) is 17.5 Å². The lowest BCUT2D eigenvalue weighted by Crippen LogP contribution is -2.26. The Morgan fingerprint density at radius 3 is 2.65 bits per heavy atom. The Labute approximate surface area is 155 Å². The minimum absolute atomic E-state index is 0.00655. The molecule has 2 rings (SSSR count). The van der Waals surface area contributed by atoms with Crippen molar-refractivity contribution in [2.75, 3.05) is 13.7 Å². The van der Waals surface area contributed by atoms with E-state index in [0.29, 0.717) is 10.6 Å². The Balaban J connectivity index is 1.81. The molecule has 0 unspecified atom stereocenters. The molecule has 6 nitrogen and oxygen atoms in total. The maximum Gasteiger partial charge on any atom is 0.307 e. The Bertz CT molecular complexity index is 888. The summed E-state index contributed by atoms with van der Waals surface area (Å²) in [6.45, 7) is -0.258. The van der Waals surface area contributed by atoms with E-state index in [1.54, 1.807) is 12.1 Å². The maximum atomic E-state index is 13.5. The second kappa shape index (κ2) is 8.98. The second-order valence-electron chi connectivity index (χ2n) is 5.23. The summed E-state index contributed by atoms with van der Waals surface area (Å²) in [6, 6.07) is 9.97. The Morgan fingerprint density at radius 1 is 1.23 bits per heavy atom. The first-order valence-electron chi connectivity index (χ1n) is 7.55. The minimum Gasteiger partial charge on any atom is -0.494 e. The molecule has 0 saturated carbocycles. The summed E-state index contributed by atoms with van der Waals surface area (Å²) in [6.07, 6.45) is -0.168. The number of nitrogens with one attached hydrogen (secondary N) is 1. The van der Waals surface area contributed by atoms with E-state index < -0.39 is 21.8 Å². The number of carbonyl (C=O) groups is 1. The van der Waals surface area contributed by atoms with Gasteiger partial charge in [-0.1, -0.05) is 23.7 Å². The average molecular weight is 402 g/mol. The van der Waals surface area contributed by atoms with Gasteiger partial charge >= 0.3 is 5.97 Å². The molecule has 0 heterocycles. The third-order valence-electron chi connectivity index (χ3n) is 3.34. The van der Waals surface area contributed by atoms with E-state index in [2.05, 4.69) is 4.72 Å². The van der Waals surface area contributed by atoms with Crippen molar-refractivity contribution in [3.63, 3.8) is 0 Å². The van der Waals surface area contributed by atoms with Crippen LogP contribution in [-0.4, -0.2) is 28.0 Å². The van der Waals surface area contributed by atoms with E-state index in [1.807, 2.05) is 0 Å². The molecule has 140 valence electrons. The van der Waals surface area contributed by atoms with Crippen molar-refractivity contribution in [1.29, 1.82) is 0 Å². The predicted molar refractivity (Wildman–Crippen MR) is 94.0 cm³/mol. The molecule has 0 fully saturated rings. The van der Waals surface area contributed by atoms with E-state index >= 15 is 0 Å². The van der Waals surface area contributed by atoms with Crippen molar-refractivity contribution in [2.45, 2.75) is 17.9 Å². The first kappa shape index (κ1) is 20.2. The fourth-order valence-corrected chi connectivity index (χ4v) is 3.37. The number of benzene rings is 2. The number of ether oxygens (including phenoxy) is 2. The number of esters is 1. The molecule has 9 heteroatoms. The van der Waals surface area contributed by atoms with Gasteiger partial charge in [0.2, 0.25) is 10.0 Å². The van der Waals surface area contributed by atoms with Gasteiger partial charge in [-0.05, 0) is 35.9 Å². The molecule has 26 heavy (non-hydrogen) atoms. The van der Waals surface area contributed by atoms with Crippen molar-refractivity contribution in [1.82, 2.24) is 4.72 Å². The van der Waals surface area contributed by atoms with Crippen molar-refractivity contribution >= 4 is 27.6 Å². The van der Waals surface area contributed by atoms with E-state index in [-0.39, 0.29) is 30.2 Å². The van der Waals surface area contributed by atoms with E-state index in [4.69, 9.17) is 21.1 Å². The molecule has 1 N–H and O–H groups in total. The van der Waals surface area contributed by atoms with Crippen molar-refractivity contribution in [3.05, 3.63) is 58.9 Å². The van der Waals surface area contributed by atoms with Gasteiger partial charge in [0.15, 0.2) is 11.6 Å².